The van der Waals surface area contributed by atoms with E-state index in [1.807, 2.05) is 5.38 Å². The highest BCUT2D eigenvalue weighted by molar-refractivity contribution is 7.14. The second-order valence-corrected chi connectivity index (χ2v) is 6.43. The van der Waals surface area contributed by atoms with Gasteiger partial charge in [-0.2, -0.15) is 0 Å². The number of pyridine rings is 1. The van der Waals surface area contributed by atoms with Crippen LogP contribution in [0.2, 0.25) is 0 Å². The Hall–Kier alpha value is -2.53. The summed E-state index contributed by atoms with van der Waals surface area (Å²) in [7, 11) is 0. The Morgan fingerprint density at radius 3 is 2.96 bits per heavy atom. The summed E-state index contributed by atoms with van der Waals surface area (Å²) in [5.74, 6) is -0.187. The van der Waals surface area contributed by atoms with Crippen LogP contribution >= 0.6 is 11.3 Å². The lowest BCUT2D eigenvalue weighted by Crippen LogP contribution is -2.11. The lowest BCUT2D eigenvalue weighted by atomic mass is 10.1. The normalized spacial score (nSPS) is 12.9. The fourth-order valence-electron chi connectivity index (χ4n) is 2.86. The smallest absolute Gasteiger partial charge is 0.259 e. The quantitative estimate of drug-likeness (QED) is 0.795. The summed E-state index contributed by atoms with van der Waals surface area (Å²) in [5, 5.41) is 5.42. The molecule has 4 nitrogen and oxygen atoms in total. The molecule has 1 aliphatic rings. The maximum absolute atomic E-state index is 12.1. The van der Waals surface area contributed by atoms with Crippen molar-refractivity contribution in [2.75, 3.05) is 5.32 Å². The highest BCUT2D eigenvalue weighted by Gasteiger charge is 2.14. The van der Waals surface area contributed by atoms with Crippen LogP contribution in [0.1, 0.15) is 27.9 Å². The molecule has 1 aromatic carbocycles. The number of fused-ring (bicyclic) bond motifs is 1. The third-order valence-electron chi connectivity index (χ3n) is 4.04. The zero-order valence-corrected chi connectivity index (χ0v) is 13.3. The van der Waals surface area contributed by atoms with Gasteiger partial charge < -0.3 is 0 Å². The second-order valence-electron chi connectivity index (χ2n) is 5.57. The molecule has 2 aromatic heterocycles. The summed E-state index contributed by atoms with van der Waals surface area (Å²) >= 11 is 1.44. The first-order valence-electron chi connectivity index (χ1n) is 7.59. The number of carbonyl (C=O) groups is 1. The van der Waals surface area contributed by atoms with Gasteiger partial charge in [-0.15, -0.1) is 11.3 Å². The van der Waals surface area contributed by atoms with E-state index in [0.29, 0.717) is 10.7 Å². The molecule has 0 saturated heterocycles. The number of benzene rings is 1. The summed E-state index contributed by atoms with van der Waals surface area (Å²) in [6.07, 6.45) is 6.76. The average Bonchev–Trinajstić information content (AvgIpc) is 3.23. The number of carbonyl (C=O) groups excluding carboxylic acids is 1. The van der Waals surface area contributed by atoms with E-state index in [1.54, 1.807) is 24.5 Å². The number of nitrogens with zero attached hydrogens (tertiary/aromatic N) is 2. The second kappa shape index (κ2) is 5.93. The molecule has 3 aromatic rings. The predicted molar refractivity (Wildman–Crippen MR) is 91.8 cm³/mol. The molecule has 23 heavy (non-hydrogen) atoms. The molecular weight excluding hydrogens is 306 g/mol. The minimum Gasteiger partial charge on any atom is -0.298 e. The lowest BCUT2D eigenvalue weighted by molar-refractivity contribution is 0.102. The van der Waals surface area contributed by atoms with Crippen molar-refractivity contribution in [3.63, 3.8) is 0 Å². The third-order valence-corrected chi connectivity index (χ3v) is 4.80. The first-order chi connectivity index (χ1) is 11.3. The van der Waals surface area contributed by atoms with E-state index in [4.69, 9.17) is 0 Å². The maximum Gasteiger partial charge on any atom is 0.259 e. The van der Waals surface area contributed by atoms with Crippen LogP contribution in [0, 0.1) is 0 Å². The standard InChI is InChI=1S/C18H15N3OS/c22-17(15-5-2-8-19-10-15)21-18-20-16(11-23-18)14-7-6-12-3-1-4-13(12)9-14/h2,5-11H,1,3-4H2,(H,20,21,22). The van der Waals surface area contributed by atoms with Crippen LogP contribution in [-0.2, 0) is 12.8 Å². The van der Waals surface area contributed by atoms with Crippen molar-refractivity contribution in [3.8, 4) is 11.3 Å². The van der Waals surface area contributed by atoms with E-state index >= 15 is 0 Å². The largest absolute Gasteiger partial charge is 0.298 e. The van der Waals surface area contributed by atoms with Crippen molar-refractivity contribution in [2.24, 2.45) is 0 Å². The Kier molecular flexibility index (Phi) is 3.63. The summed E-state index contributed by atoms with van der Waals surface area (Å²) in [6.45, 7) is 0. The molecule has 1 amide bonds. The van der Waals surface area contributed by atoms with Crippen molar-refractivity contribution in [2.45, 2.75) is 19.3 Å². The Labute approximate surface area is 138 Å². The van der Waals surface area contributed by atoms with Crippen LogP contribution < -0.4 is 5.32 Å². The number of hydrogen-bond acceptors (Lipinski definition) is 4. The van der Waals surface area contributed by atoms with Gasteiger partial charge in [-0.25, -0.2) is 4.98 Å². The number of amides is 1. The van der Waals surface area contributed by atoms with Gasteiger partial charge in [-0.3, -0.25) is 15.1 Å². The molecule has 2 heterocycles. The van der Waals surface area contributed by atoms with Crippen molar-refractivity contribution in [1.82, 2.24) is 9.97 Å². The third kappa shape index (κ3) is 2.87. The van der Waals surface area contributed by atoms with E-state index in [2.05, 4.69) is 33.5 Å². The monoisotopic (exact) mass is 321 g/mol. The van der Waals surface area contributed by atoms with Crippen LogP contribution in [0.5, 0.6) is 0 Å². The summed E-state index contributed by atoms with van der Waals surface area (Å²) in [4.78, 5) is 20.6. The Bertz CT molecular complexity index is 858. The van der Waals surface area contributed by atoms with E-state index in [0.717, 1.165) is 17.7 Å². The number of nitrogens with one attached hydrogen (secondary N) is 1. The van der Waals surface area contributed by atoms with Crippen molar-refractivity contribution in [3.05, 3.63) is 64.8 Å². The van der Waals surface area contributed by atoms with Gasteiger partial charge >= 0.3 is 0 Å². The number of thiazole rings is 1. The van der Waals surface area contributed by atoms with E-state index < -0.39 is 0 Å². The van der Waals surface area contributed by atoms with E-state index in [1.165, 1.54) is 35.3 Å². The van der Waals surface area contributed by atoms with Gasteiger partial charge in [0.05, 0.1) is 11.3 Å². The van der Waals surface area contributed by atoms with Crippen LogP contribution in [-0.4, -0.2) is 15.9 Å². The van der Waals surface area contributed by atoms with E-state index in [-0.39, 0.29) is 5.91 Å². The van der Waals surface area contributed by atoms with Gasteiger partial charge in [0.15, 0.2) is 5.13 Å². The number of aryl methyl sites for hydroxylation is 2. The molecule has 5 heteroatoms. The zero-order valence-electron chi connectivity index (χ0n) is 12.5. The first-order valence-corrected chi connectivity index (χ1v) is 8.47. The molecule has 1 N–H and O–H groups in total. The Morgan fingerprint density at radius 2 is 2.09 bits per heavy atom. The molecule has 4 rings (SSSR count). The van der Waals surface area contributed by atoms with Crippen LogP contribution in [0.25, 0.3) is 11.3 Å². The zero-order chi connectivity index (χ0) is 15.6. The number of hydrogen-bond donors (Lipinski definition) is 1. The van der Waals surface area contributed by atoms with Crippen molar-refractivity contribution in [1.29, 1.82) is 0 Å². The van der Waals surface area contributed by atoms with Gasteiger partial charge in [0.1, 0.15) is 0 Å². The Morgan fingerprint density at radius 1 is 1.17 bits per heavy atom. The molecular formula is C18H15N3OS. The minimum absolute atomic E-state index is 0.187. The highest BCUT2D eigenvalue weighted by Crippen LogP contribution is 2.30. The summed E-state index contributed by atoms with van der Waals surface area (Å²) < 4.78 is 0. The van der Waals surface area contributed by atoms with Gasteiger partial charge in [-0.1, -0.05) is 12.1 Å². The molecule has 0 unspecified atom stereocenters. The molecule has 0 bridgehead atoms. The van der Waals surface area contributed by atoms with Crippen molar-refractivity contribution >= 4 is 22.4 Å². The molecule has 0 saturated carbocycles. The highest BCUT2D eigenvalue weighted by atomic mass is 32.1. The van der Waals surface area contributed by atoms with Gasteiger partial charge in [0.2, 0.25) is 0 Å². The van der Waals surface area contributed by atoms with Gasteiger partial charge in [0.25, 0.3) is 5.91 Å². The van der Waals surface area contributed by atoms with Crippen molar-refractivity contribution < 1.29 is 4.79 Å². The molecule has 0 atom stereocenters. The first kappa shape index (κ1) is 14.1. The summed E-state index contributed by atoms with van der Waals surface area (Å²) in [6, 6.07) is 10.0. The number of rotatable bonds is 3. The predicted octanol–water partition coefficient (Wildman–Crippen LogP) is 3.95. The van der Waals surface area contributed by atoms with Crippen LogP contribution in [0.4, 0.5) is 5.13 Å². The number of anilines is 1. The molecule has 0 fully saturated rings. The maximum atomic E-state index is 12.1. The van der Waals surface area contributed by atoms with Gasteiger partial charge in [0, 0.05) is 23.3 Å². The topological polar surface area (TPSA) is 54.9 Å². The van der Waals surface area contributed by atoms with Crippen LogP contribution in [0.15, 0.2) is 48.1 Å². The van der Waals surface area contributed by atoms with Gasteiger partial charge in [-0.05, 0) is 48.6 Å². The molecule has 114 valence electrons. The fraction of sp³-hybridized carbons (Fsp3) is 0.167. The lowest BCUT2D eigenvalue weighted by Gasteiger charge is -2.02. The minimum atomic E-state index is -0.187. The Balaban J connectivity index is 1.54. The summed E-state index contributed by atoms with van der Waals surface area (Å²) in [5.41, 5.74) is 5.43. The fourth-order valence-corrected chi connectivity index (χ4v) is 3.58. The molecule has 1 aliphatic carbocycles. The molecule has 0 spiro atoms. The van der Waals surface area contributed by atoms with Crippen LogP contribution in [0.3, 0.4) is 0 Å². The average molecular weight is 321 g/mol. The number of aromatic nitrogens is 2. The molecule has 0 radical (unpaired) electrons. The molecule has 0 aliphatic heterocycles. The SMILES string of the molecule is O=C(Nc1nc(-c2ccc3c(c2)CCC3)cs1)c1cccnc1. The van der Waals surface area contributed by atoms with E-state index in [9.17, 15) is 4.79 Å².